The molecule has 2 saturated carbocycles. The molecule has 0 spiro atoms. The predicted molar refractivity (Wildman–Crippen MR) is 120 cm³/mol. The molecule has 0 bridgehead atoms. The number of fused-ring (bicyclic) bond motifs is 5. The van der Waals surface area contributed by atoms with Gasteiger partial charge in [0, 0.05) is 18.4 Å². The molecule has 0 unspecified atom stereocenters. The molecule has 0 N–H and O–H groups in total. The molecule has 0 aromatic carbocycles. The third-order valence-corrected chi connectivity index (χ3v) is 9.61. The molecule has 0 radical (unpaired) electrons. The van der Waals surface area contributed by atoms with Crippen LogP contribution in [-0.2, 0) is 14.3 Å². The SMILES string of the molecule is CCCCCO[C@]1(C(C)=O)CC[C@H]2[C@@H]3C=C(C)C4=CC(=O)CC[C@]4(C)[C@H]3CC[C@@]21C. The van der Waals surface area contributed by atoms with Gasteiger partial charge < -0.3 is 4.74 Å². The van der Waals surface area contributed by atoms with E-state index in [2.05, 4.69) is 33.8 Å². The molecule has 0 heterocycles. The maximum absolute atomic E-state index is 13.1. The van der Waals surface area contributed by atoms with E-state index in [0.29, 0.717) is 30.8 Å². The summed E-state index contributed by atoms with van der Waals surface area (Å²) in [6.45, 7) is 11.6. The zero-order chi connectivity index (χ0) is 21.7. The van der Waals surface area contributed by atoms with Crippen molar-refractivity contribution < 1.29 is 14.3 Å². The summed E-state index contributed by atoms with van der Waals surface area (Å²) in [7, 11) is 0. The lowest BCUT2D eigenvalue weighted by Crippen LogP contribution is -2.57. The third kappa shape index (κ3) is 3.02. The van der Waals surface area contributed by atoms with Crippen molar-refractivity contribution in [2.75, 3.05) is 6.61 Å². The van der Waals surface area contributed by atoms with Gasteiger partial charge in [0.25, 0.3) is 0 Å². The number of hydrogen-bond donors (Lipinski definition) is 0. The van der Waals surface area contributed by atoms with Crippen molar-refractivity contribution in [3.63, 3.8) is 0 Å². The molecule has 0 aliphatic heterocycles. The number of unbranched alkanes of at least 4 members (excludes halogenated alkanes) is 2. The van der Waals surface area contributed by atoms with E-state index in [0.717, 1.165) is 44.9 Å². The quantitative estimate of drug-likeness (QED) is 0.486. The monoisotopic (exact) mass is 412 g/mol. The summed E-state index contributed by atoms with van der Waals surface area (Å²) in [5.74, 6) is 2.05. The number of allylic oxidation sites excluding steroid dienone is 4. The first-order chi connectivity index (χ1) is 14.2. The Morgan fingerprint density at radius 1 is 1.13 bits per heavy atom. The average Bonchev–Trinajstić information content (AvgIpc) is 3.00. The molecule has 4 aliphatic carbocycles. The van der Waals surface area contributed by atoms with Crippen LogP contribution < -0.4 is 0 Å². The molecule has 3 heteroatoms. The van der Waals surface area contributed by atoms with Crippen molar-refractivity contribution in [2.24, 2.45) is 28.6 Å². The summed E-state index contributed by atoms with van der Waals surface area (Å²) in [6.07, 6.45) is 13.5. The smallest absolute Gasteiger partial charge is 0.162 e. The molecular weight excluding hydrogens is 372 g/mol. The Morgan fingerprint density at radius 3 is 2.57 bits per heavy atom. The number of carbonyl (C=O) groups excluding carboxylic acids is 2. The van der Waals surface area contributed by atoms with Crippen LogP contribution in [0.25, 0.3) is 0 Å². The fraction of sp³-hybridized carbons (Fsp3) is 0.778. The molecule has 3 nitrogen and oxygen atoms in total. The van der Waals surface area contributed by atoms with Crippen LogP contribution in [0.2, 0.25) is 0 Å². The lowest BCUT2D eigenvalue weighted by molar-refractivity contribution is -0.172. The molecule has 6 atom stereocenters. The van der Waals surface area contributed by atoms with E-state index in [-0.39, 0.29) is 22.4 Å². The molecule has 0 aromatic heterocycles. The van der Waals surface area contributed by atoms with E-state index < -0.39 is 5.60 Å². The first-order valence-corrected chi connectivity index (χ1v) is 12.3. The van der Waals surface area contributed by atoms with Crippen LogP contribution in [0.1, 0.15) is 92.4 Å². The third-order valence-electron chi connectivity index (χ3n) is 9.61. The predicted octanol–water partition coefficient (Wildman–Crippen LogP) is 6.22. The summed E-state index contributed by atoms with van der Waals surface area (Å²) in [6, 6.07) is 0. The van der Waals surface area contributed by atoms with Gasteiger partial charge in [0.2, 0.25) is 0 Å². The van der Waals surface area contributed by atoms with Gasteiger partial charge in [0.15, 0.2) is 11.6 Å². The summed E-state index contributed by atoms with van der Waals surface area (Å²) >= 11 is 0. The molecule has 0 aromatic rings. The van der Waals surface area contributed by atoms with Crippen LogP contribution in [0.4, 0.5) is 0 Å². The Balaban J connectivity index is 1.68. The Kier molecular flexibility index (Phi) is 5.66. The molecule has 0 amide bonds. The van der Waals surface area contributed by atoms with Crippen molar-refractivity contribution in [1.29, 1.82) is 0 Å². The largest absolute Gasteiger partial charge is 0.367 e. The Labute approximate surface area is 182 Å². The maximum atomic E-state index is 13.1. The molecular formula is C27H40O3. The van der Waals surface area contributed by atoms with Crippen LogP contribution in [0, 0.1) is 28.6 Å². The fourth-order valence-electron chi connectivity index (χ4n) is 7.93. The van der Waals surface area contributed by atoms with E-state index in [1.165, 1.54) is 17.6 Å². The molecule has 4 aliphatic rings. The number of ether oxygens (including phenoxy) is 1. The minimum Gasteiger partial charge on any atom is -0.367 e. The number of rotatable bonds is 6. The summed E-state index contributed by atoms with van der Waals surface area (Å²) in [5.41, 5.74) is 1.97. The van der Waals surface area contributed by atoms with Crippen molar-refractivity contribution in [1.82, 2.24) is 0 Å². The van der Waals surface area contributed by atoms with E-state index in [1.54, 1.807) is 6.92 Å². The minimum atomic E-state index is -0.613. The van der Waals surface area contributed by atoms with E-state index >= 15 is 0 Å². The van der Waals surface area contributed by atoms with E-state index in [4.69, 9.17) is 4.74 Å². The van der Waals surface area contributed by atoms with Crippen molar-refractivity contribution in [3.8, 4) is 0 Å². The summed E-state index contributed by atoms with van der Waals surface area (Å²) in [4.78, 5) is 25.2. The Morgan fingerprint density at radius 2 is 1.87 bits per heavy atom. The highest BCUT2D eigenvalue weighted by molar-refractivity contribution is 5.92. The van der Waals surface area contributed by atoms with Gasteiger partial charge in [-0.1, -0.05) is 45.3 Å². The highest BCUT2D eigenvalue weighted by Crippen LogP contribution is 2.67. The molecule has 166 valence electrons. The highest BCUT2D eigenvalue weighted by Gasteiger charge is 2.66. The van der Waals surface area contributed by atoms with Crippen LogP contribution in [0.15, 0.2) is 23.3 Å². The second-order valence-electron chi connectivity index (χ2n) is 11.0. The first-order valence-electron chi connectivity index (χ1n) is 12.3. The Bertz CT molecular complexity index is 792. The number of Topliss-reactive ketones (excluding diaryl/α,β-unsaturated/α-hetero) is 1. The van der Waals surface area contributed by atoms with Gasteiger partial charge in [0.1, 0.15) is 5.60 Å². The molecule has 0 saturated heterocycles. The van der Waals surface area contributed by atoms with Crippen LogP contribution in [0.5, 0.6) is 0 Å². The number of carbonyl (C=O) groups is 2. The van der Waals surface area contributed by atoms with E-state index in [9.17, 15) is 9.59 Å². The lowest BCUT2D eigenvalue weighted by Gasteiger charge is -2.58. The fourth-order valence-corrected chi connectivity index (χ4v) is 7.93. The van der Waals surface area contributed by atoms with Gasteiger partial charge in [-0.2, -0.15) is 0 Å². The number of ketones is 2. The highest BCUT2D eigenvalue weighted by atomic mass is 16.5. The van der Waals surface area contributed by atoms with Crippen LogP contribution in [-0.4, -0.2) is 23.8 Å². The van der Waals surface area contributed by atoms with Crippen LogP contribution >= 0.6 is 0 Å². The van der Waals surface area contributed by atoms with E-state index in [1.807, 2.05) is 6.08 Å². The average molecular weight is 413 g/mol. The summed E-state index contributed by atoms with van der Waals surface area (Å²) in [5, 5.41) is 0. The van der Waals surface area contributed by atoms with Gasteiger partial charge in [0.05, 0.1) is 0 Å². The number of hydrogen-bond acceptors (Lipinski definition) is 3. The van der Waals surface area contributed by atoms with Gasteiger partial charge in [-0.25, -0.2) is 0 Å². The van der Waals surface area contributed by atoms with Crippen molar-refractivity contribution >= 4 is 11.6 Å². The first kappa shape index (κ1) is 22.0. The topological polar surface area (TPSA) is 43.4 Å². The van der Waals surface area contributed by atoms with Crippen molar-refractivity contribution in [3.05, 3.63) is 23.3 Å². The standard InChI is InChI=1S/C27H40O3/c1-6-7-8-15-30-27(19(3)28)14-11-23-21-16-18(2)24-17-20(29)9-12-25(24,4)22(21)10-13-26(23,27)5/h16-17,21-23H,6-15H2,1-5H3/t21-,22+,23+,25-,26+,27+/m1/s1. The normalized spacial score (nSPS) is 42.7. The second kappa shape index (κ2) is 7.73. The minimum absolute atomic E-state index is 0.0922. The Hall–Kier alpha value is -1.22. The van der Waals surface area contributed by atoms with Gasteiger partial charge in [-0.05, 0) is 87.2 Å². The molecule has 30 heavy (non-hydrogen) atoms. The lowest BCUT2D eigenvalue weighted by atomic mass is 9.47. The zero-order valence-corrected chi connectivity index (χ0v) is 19.7. The second-order valence-corrected chi connectivity index (χ2v) is 11.0. The van der Waals surface area contributed by atoms with Crippen LogP contribution in [0.3, 0.4) is 0 Å². The molecule has 2 fully saturated rings. The zero-order valence-electron chi connectivity index (χ0n) is 19.7. The van der Waals surface area contributed by atoms with Gasteiger partial charge in [-0.15, -0.1) is 0 Å². The molecule has 4 rings (SSSR count). The maximum Gasteiger partial charge on any atom is 0.162 e. The van der Waals surface area contributed by atoms with Gasteiger partial charge in [-0.3, -0.25) is 9.59 Å². The summed E-state index contributed by atoms with van der Waals surface area (Å²) < 4.78 is 6.55. The van der Waals surface area contributed by atoms with Crippen molar-refractivity contribution in [2.45, 2.75) is 98.0 Å². The van der Waals surface area contributed by atoms with Gasteiger partial charge >= 0.3 is 0 Å².